The van der Waals surface area contributed by atoms with Gasteiger partial charge in [0.15, 0.2) is 5.78 Å². The molecule has 3 heteroatoms. The third-order valence-electron chi connectivity index (χ3n) is 3.28. The van der Waals surface area contributed by atoms with Crippen molar-refractivity contribution in [1.29, 1.82) is 0 Å². The van der Waals surface area contributed by atoms with E-state index in [9.17, 15) is 4.79 Å². The van der Waals surface area contributed by atoms with Crippen LogP contribution in [0.5, 0.6) is 11.5 Å². The molecule has 0 unspecified atom stereocenters. The van der Waals surface area contributed by atoms with E-state index in [1.165, 1.54) is 0 Å². The van der Waals surface area contributed by atoms with Crippen molar-refractivity contribution in [3.63, 3.8) is 0 Å². The molecular weight excluding hydrogens is 240 g/mol. The number of ether oxygens (including phenoxy) is 2. The van der Waals surface area contributed by atoms with Crippen molar-refractivity contribution in [2.75, 3.05) is 13.7 Å². The Hall–Kier alpha value is -2.29. The number of fused-ring (bicyclic) bond motifs is 1. The molecule has 0 atom stereocenters. The fourth-order valence-corrected chi connectivity index (χ4v) is 2.36. The molecule has 0 saturated carbocycles. The van der Waals surface area contributed by atoms with Gasteiger partial charge in [-0.3, -0.25) is 4.79 Å². The first kappa shape index (κ1) is 11.8. The van der Waals surface area contributed by atoms with Crippen LogP contribution in [0.25, 0.3) is 11.1 Å². The van der Waals surface area contributed by atoms with Crippen LogP contribution in [-0.2, 0) is 0 Å². The molecule has 0 bridgehead atoms. The van der Waals surface area contributed by atoms with Gasteiger partial charge in [0.2, 0.25) is 0 Å². The molecule has 0 N–H and O–H groups in total. The van der Waals surface area contributed by atoms with E-state index in [-0.39, 0.29) is 5.78 Å². The highest BCUT2D eigenvalue weighted by atomic mass is 16.5. The summed E-state index contributed by atoms with van der Waals surface area (Å²) in [6, 6.07) is 13.5. The average molecular weight is 254 g/mol. The smallest absolute Gasteiger partial charge is 0.170 e. The molecule has 3 rings (SSSR count). The first-order valence-electron chi connectivity index (χ1n) is 6.23. The summed E-state index contributed by atoms with van der Waals surface area (Å²) in [5, 5.41) is 0. The van der Waals surface area contributed by atoms with Crippen molar-refractivity contribution >= 4 is 5.78 Å². The van der Waals surface area contributed by atoms with E-state index < -0.39 is 0 Å². The second kappa shape index (κ2) is 4.76. The lowest BCUT2D eigenvalue weighted by molar-refractivity contribution is 0.0934. The zero-order chi connectivity index (χ0) is 13.2. The number of hydrogen-bond acceptors (Lipinski definition) is 3. The Kier molecular flexibility index (Phi) is 2.95. The summed E-state index contributed by atoms with van der Waals surface area (Å²) < 4.78 is 11.1. The Balaban J connectivity index is 2.26. The number of hydrogen-bond donors (Lipinski definition) is 0. The van der Waals surface area contributed by atoms with Gasteiger partial charge in [-0.2, -0.15) is 0 Å². The molecule has 0 saturated heterocycles. The molecule has 96 valence electrons. The number of ketones is 1. The Morgan fingerprint density at radius 1 is 1.11 bits per heavy atom. The normalized spacial score (nSPS) is 13.6. The molecule has 2 aromatic carbocycles. The van der Waals surface area contributed by atoms with Crippen LogP contribution in [0.15, 0.2) is 42.5 Å². The molecule has 0 radical (unpaired) electrons. The standard InChI is InChI=1S/C16H14O3/c1-18-14-8-7-12-13(17)9-10-19-16(12)15(14)11-5-3-2-4-6-11/h2-8H,9-10H2,1H3. The summed E-state index contributed by atoms with van der Waals surface area (Å²) in [4.78, 5) is 11.9. The summed E-state index contributed by atoms with van der Waals surface area (Å²) in [6.07, 6.45) is 0.438. The van der Waals surface area contributed by atoms with Gasteiger partial charge in [0.25, 0.3) is 0 Å². The molecule has 1 aliphatic heterocycles. The fourth-order valence-electron chi connectivity index (χ4n) is 2.36. The van der Waals surface area contributed by atoms with Gasteiger partial charge >= 0.3 is 0 Å². The Bertz CT molecular complexity index is 617. The van der Waals surface area contributed by atoms with E-state index in [0.717, 1.165) is 16.9 Å². The lowest BCUT2D eigenvalue weighted by Gasteiger charge is -2.21. The van der Waals surface area contributed by atoms with E-state index in [4.69, 9.17) is 9.47 Å². The van der Waals surface area contributed by atoms with Gasteiger partial charge in [0.1, 0.15) is 11.5 Å². The molecule has 1 aliphatic rings. The lowest BCUT2D eigenvalue weighted by atomic mass is 9.96. The SMILES string of the molecule is COc1ccc2c(c1-c1ccccc1)OCCC2=O. The van der Waals surface area contributed by atoms with Gasteiger partial charge in [-0.25, -0.2) is 0 Å². The maximum atomic E-state index is 11.9. The summed E-state index contributed by atoms with van der Waals surface area (Å²) >= 11 is 0. The van der Waals surface area contributed by atoms with Crippen LogP contribution in [0.4, 0.5) is 0 Å². The first-order chi connectivity index (χ1) is 9.31. The predicted octanol–water partition coefficient (Wildman–Crippen LogP) is 3.33. The van der Waals surface area contributed by atoms with Gasteiger partial charge in [-0.15, -0.1) is 0 Å². The molecular formula is C16H14O3. The zero-order valence-electron chi connectivity index (χ0n) is 10.7. The van der Waals surface area contributed by atoms with Crippen LogP contribution in [0, 0.1) is 0 Å². The molecule has 19 heavy (non-hydrogen) atoms. The van der Waals surface area contributed by atoms with Crippen molar-refractivity contribution in [2.45, 2.75) is 6.42 Å². The van der Waals surface area contributed by atoms with Crippen molar-refractivity contribution in [1.82, 2.24) is 0 Å². The minimum atomic E-state index is 0.126. The van der Waals surface area contributed by atoms with Crippen molar-refractivity contribution in [3.8, 4) is 22.6 Å². The number of Topliss-reactive ketones (excluding diaryl/α,β-unsaturated/α-hetero) is 1. The number of benzene rings is 2. The number of carbonyl (C=O) groups is 1. The fraction of sp³-hybridized carbons (Fsp3) is 0.188. The highest BCUT2D eigenvalue weighted by Crippen LogP contribution is 2.42. The zero-order valence-corrected chi connectivity index (χ0v) is 10.7. The predicted molar refractivity (Wildman–Crippen MR) is 72.9 cm³/mol. The summed E-state index contributed by atoms with van der Waals surface area (Å²) in [7, 11) is 1.62. The molecule has 3 nitrogen and oxygen atoms in total. The van der Waals surface area contributed by atoms with Crippen LogP contribution in [0.1, 0.15) is 16.8 Å². The first-order valence-corrected chi connectivity index (χ1v) is 6.23. The maximum absolute atomic E-state index is 11.9. The van der Waals surface area contributed by atoms with Crippen LogP contribution >= 0.6 is 0 Å². The van der Waals surface area contributed by atoms with Gasteiger partial charge in [0, 0.05) is 6.42 Å². The summed E-state index contributed by atoms with van der Waals surface area (Å²) in [5.41, 5.74) is 2.49. The van der Waals surface area contributed by atoms with Crippen molar-refractivity contribution in [3.05, 3.63) is 48.0 Å². The number of carbonyl (C=O) groups excluding carboxylic acids is 1. The van der Waals surface area contributed by atoms with Crippen molar-refractivity contribution < 1.29 is 14.3 Å². The largest absolute Gasteiger partial charge is 0.496 e. The molecule has 1 heterocycles. The quantitative estimate of drug-likeness (QED) is 0.824. The minimum Gasteiger partial charge on any atom is -0.496 e. The third kappa shape index (κ3) is 1.97. The topological polar surface area (TPSA) is 35.5 Å². The summed E-state index contributed by atoms with van der Waals surface area (Å²) in [5.74, 6) is 1.49. The van der Waals surface area contributed by atoms with Gasteiger partial charge in [0.05, 0.1) is 24.8 Å². The Morgan fingerprint density at radius 3 is 2.63 bits per heavy atom. The molecule has 2 aromatic rings. The van der Waals surface area contributed by atoms with Crippen LogP contribution in [-0.4, -0.2) is 19.5 Å². The lowest BCUT2D eigenvalue weighted by Crippen LogP contribution is -2.16. The molecule has 0 aromatic heterocycles. The second-order valence-corrected chi connectivity index (χ2v) is 4.41. The molecule has 0 spiro atoms. The highest BCUT2D eigenvalue weighted by Gasteiger charge is 2.24. The monoisotopic (exact) mass is 254 g/mol. The molecule has 0 amide bonds. The van der Waals surface area contributed by atoms with E-state index in [1.54, 1.807) is 13.2 Å². The average Bonchev–Trinajstić information content (AvgIpc) is 2.47. The maximum Gasteiger partial charge on any atom is 0.170 e. The molecule has 0 aliphatic carbocycles. The van der Waals surface area contributed by atoms with E-state index in [2.05, 4.69) is 0 Å². The van der Waals surface area contributed by atoms with Crippen LogP contribution in [0.3, 0.4) is 0 Å². The summed E-state index contributed by atoms with van der Waals surface area (Å²) in [6.45, 7) is 0.429. The van der Waals surface area contributed by atoms with E-state index in [1.807, 2.05) is 36.4 Å². The van der Waals surface area contributed by atoms with Crippen LogP contribution in [0.2, 0.25) is 0 Å². The molecule has 0 fully saturated rings. The van der Waals surface area contributed by atoms with Crippen molar-refractivity contribution in [2.24, 2.45) is 0 Å². The van der Waals surface area contributed by atoms with Gasteiger partial charge in [-0.1, -0.05) is 30.3 Å². The van der Waals surface area contributed by atoms with Gasteiger partial charge < -0.3 is 9.47 Å². The van der Waals surface area contributed by atoms with E-state index in [0.29, 0.717) is 24.3 Å². The number of rotatable bonds is 2. The Labute approximate surface area is 111 Å². The second-order valence-electron chi connectivity index (χ2n) is 4.41. The van der Waals surface area contributed by atoms with Gasteiger partial charge in [-0.05, 0) is 17.7 Å². The highest BCUT2D eigenvalue weighted by molar-refractivity contribution is 6.02. The number of methoxy groups -OCH3 is 1. The third-order valence-corrected chi connectivity index (χ3v) is 3.28. The van der Waals surface area contributed by atoms with Crippen LogP contribution < -0.4 is 9.47 Å². The Morgan fingerprint density at radius 2 is 1.89 bits per heavy atom. The van der Waals surface area contributed by atoms with E-state index >= 15 is 0 Å². The minimum absolute atomic E-state index is 0.126.